The van der Waals surface area contributed by atoms with Crippen LogP contribution >= 0.6 is 0 Å². The van der Waals surface area contributed by atoms with Crippen LogP contribution in [-0.4, -0.2) is 5.92 Å². The highest BCUT2D eigenvalue weighted by Gasteiger charge is 2.53. The summed E-state index contributed by atoms with van der Waals surface area (Å²) >= 11 is 0. The molecule has 0 aromatic heterocycles. The van der Waals surface area contributed by atoms with E-state index in [2.05, 4.69) is 6.92 Å². The van der Waals surface area contributed by atoms with Gasteiger partial charge in [0.2, 0.25) is 0 Å². The molecule has 1 unspecified atom stereocenters. The lowest BCUT2D eigenvalue weighted by Gasteiger charge is -1.82. The van der Waals surface area contributed by atoms with E-state index in [1.54, 1.807) is 0 Å². The summed E-state index contributed by atoms with van der Waals surface area (Å²) in [6.45, 7) is 3.15. The fraction of sp³-hybridized carbons (Fsp3) is 0.750. The second-order valence-electron chi connectivity index (χ2n) is 1.66. The Morgan fingerprint density at radius 3 is 1.83 bits per heavy atom. The van der Waals surface area contributed by atoms with Crippen molar-refractivity contribution in [1.82, 2.24) is 0 Å². The molecule has 0 nitrogen and oxygen atoms in total. The predicted octanol–water partition coefficient (Wildman–Crippen LogP) is 1.48. The summed E-state index contributed by atoms with van der Waals surface area (Å²) in [5.74, 6) is -2.99. The van der Waals surface area contributed by atoms with E-state index in [0.29, 0.717) is 0 Å². The monoisotopic (exact) mass is 91.0 g/mol. The molecule has 0 saturated heterocycles. The van der Waals surface area contributed by atoms with Crippen LogP contribution in [0.1, 0.15) is 6.42 Å². The van der Waals surface area contributed by atoms with Gasteiger partial charge in [-0.3, -0.25) is 0 Å². The quantitative estimate of drug-likeness (QED) is 0.423. The van der Waals surface area contributed by atoms with Gasteiger partial charge in [-0.25, -0.2) is 8.78 Å². The molecule has 1 atom stereocenters. The molecule has 0 heterocycles. The van der Waals surface area contributed by atoms with Crippen LogP contribution in [0.15, 0.2) is 0 Å². The summed E-state index contributed by atoms with van der Waals surface area (Å²) in [5, 5.41) is 0. The van der Waals surface area contributed by atoms with Crippen molar-refractivity contribution < 1.29 is 8.78 Å². The molecule has 1 aliphatic rings. The first-order chi connectivity index (χ1) is 2.63. The van der Waals surface area contributed by atoms with Crippen molar-refractivity contribution in [2.75, 3.05) is 0 Å². The van der Waals surface area contributed by atoms with E-state index in [9.17, 15) is 8.78 Å². The Balaban J connectivity index is 2.41. The van der Waals surface area contributed by atoms with E-state index >= 15 is 0 Å². The van der Waals surface area contributed by atoms with E-state index in [0.717, 1.165) is 0 Å². The zero-order valence-electron chi connectivity index (χ0n) is 3.25. The van der Waals surface area contributed by atoms with Gasteiger partial charge < -0.3 is 0 Å². The third-order valence-electron chi connectivity index (χ3n) is 0.956. The van der Waals surface area contributed by atoms with Gasteiger partial charge in [-0.15, -0.1) is 0 Å². The first-order valence-electron chi connectivity index (χ1n) is 1.84. The molecule has 1 aliphatic carbocycles. The van der Waals surface area contributed by atoms with Gasteiger partial charge >= 0.3 is 0 Å². The van der Waals surface area contributed by atoms with Crippen LogP contribution in [0.3, 0.4) is 0 Å². The van der Waals surface area contributed by atoms with Gasteiger partial charge in [0.05, 0.1) is 0 Å². The summed E-state index contributed by atoms with van der Waals surface area (Å²) in [5.41, 5.74) is 0. The van der Waals surface area contributed by atoms with Gasteiger partial charge in [0.25, 0.3) is 5.92 Å². The zero-order chi connectivity index (χ0) is 4.78. The number of hydrogen-bond donors (Lipinski definition) is 0. The predicted molar refractivity (Wildman–Crippen MR) is 18.4 cm³/mol. The van der Waals surface area contributed by atoms with Gasteiger partial charge in [-0.05, 0) is 6.92 Å². The lowest BCUT2D eigenvalue weighted by atomic mass is 10.5. The van der Waals surface area contributed by atoms with Crippen LogP contribution in [0.5, 0.6) is 0 Å². The Bertz CT molecular complexity index is 67.9. The Kier molecular flexibility index (Phi) is 0.500. The van der Waals surface area contributed by atoms with Crippen molar-refractivity contribution in [1.29, 1.82) is 0 Å². The molecule has 0 aliphatic heterocycles. The van der Waals surface area contributed by atoms with Crippen molar-refractivity contribution in [2.45, 2.75) is 12.3 Å². The average Bonchev–Trinajstić information content (AvgIpc) is 1.73. The number of rotatable bonds is 0. The third-order valence-corrected chi connectivity index (χ3v) is 0.956. The smallest absolute Gasteiger partial charge is 0.207 e. The molecular weight excluding hydrogens is 86.0 g/mol. The first-order valence-corrected chi connectivity index (χ1v) is 1.84. The van der Waals surface area contributed by atoms with E-state index in [1.807, 2.05) is 0 Å². The highest BCUT2D eigenvalue weighted by molar-refractivity contribution is 4.96. The number of hydrogen-bond acceptors (Lipinski definition) is 0. The molecule has 1 rings (SSSR count). The Hall–Kier alpha value is -0.140. The van der Waals surface area contributed by atoms with Crippen LogP contribution in [0.4, 0.5) is 8.78 Å². The SMILES string of the molecule is [CH2]C1CC1(F)F. The highest BCUT2D eigenvalue weighted by atomic mass is 19.3. The summed E-state index contributed by atoms with van der Waals surface area (Å²) in [4.78, 5) is 0. The normalized spacial score (nSPS) is 39.5. The van der Waals surface area contributed by atoms with Gasteiger partial charge in [-0.1, -0.05) is 0 Å². The molecule has 0 N–H and O–H groups in total. The summed E-state index contributed by atoms with van der Waals surface area (Å²) in [6, 6.07) is 0. The van der Waals surface area contributed by atoms with E-state index in [4.69, 9.17) is 0 Å². The second-order valence-corrected chi connectivity index (χ2v) is 1.66. The van der Waals surface area contributed by atoms with Crippen molar-refractivity contribution in [3.63, 3.8) is 0 Å². The van der Waals surface area contributed by atoms with Crippen molar-refractivity contribution >= 4 is 0 Å². The molecule has 2 heteroatoms. The van der Waals surface area contributed by atoms with Crippen LogP contribution in [0, 0.1) is 12.8 Å². The number of alkyl halides is 2. The minimum absolute atomic E-state index is 0.00694. The van der Waals surface area contributed by atoms with Crippen LogP contribution in [0.25, 0.3) is 0 Å². The second kappa shape index (κ2) is 0.745. The van der Waals surface area contributed by atoms with Crippen LogP contribution in [0.2, 0.25) is 0 Å². The highest BCUT2D eigenvalue weighted by Crippen LogP contribution is 2.47. The molecule has 6 heavy (non-hydrogen) atoms. The maximum Gasteiger partial charge on any atom is 0.251 e. The molecule has 1 radical (unpaired) electrons. The summed E-state index contributed by atoms with van der Waals surface area (Å²) in [7, 11) is 0. The van der Waals surface area contributed by atoms with Crippen LogP contribution < -0.4 is 0 Å². The molecule has 1 fully saturated rings. The van der Waals surface area contributed by atoms with Crippen molar-refractivity contribution in [3.8, 4) is 0 Å². The van der Waals surface area contributed by atoms with Gasteiger partial charge in [0, 0.05) is 12.3 Å². The minimum atomic E-state index is -2.40. The molecule has 0 aromatic rings. The molecular formula is C4H5F2. The largest absolute Gasteiger partial charge is 0.251 e. The molecule has 0 bridgehead atoms. The Labute approximate surface area is 35.2 Å². The van der Waals surface area contributed by atoms with Crippen molar-refractivity contribution in [2.24, 2.45) is 5.92 Å². The molecule has 35 valence electrons. The lowest BCUT2D eigenvalue weighted by molar-refractivity contribution is 0.107. The van der Waals surface area contributed by atoms with Gasteiger partial charge in [0.15, 0.2) is 0 Å². The maximum absolute atomic E-state index is 11.5. The molecule has 0 amide bonds. The fourth-order valence-electron chi connectivity index (χ4n) is 0.270. The lowest BCUT2D eigenvalue weighted by Crippen LogP contribution is -1.87. The summed E-state index contributed by atoms with van der Waals surface area (Å²) < 4.78 is 22.9. The number of halogens is 2. The first kappa shape index (κ1) is 4.03. The topological polar surface area (TPSA) is 0 Å². The zero-order valence-corrected chi connectivity index (χ0v) is 3.25. The Morgan fingerprint density at radius 2 is 1.83 bits per heavy atom. The van der Waals surface area contributed by atoms with Gasteiger partial charge in [-0.2, -0.15) is 0 Å². The van der Waals surface area contributed by atoms with Crippen molar-refractivity contribution in [3.05, 3.63) is 6.92 Å². The molecule has 0 aromatic carbocycles. The van der Waals surface area contributed by atoms with Crippen LogP contribution in [-0.2, 0) is 0 Å². The van der Waals surface area contributed by atoms with E-state index in [-0.39, 0.29) is 6.42 Å². The molecule has 0 spiro atoms. The fourth-order valence-corrected chi connectivity index (χ4v) is 0.270. The summed E-state index contributed by atoms with van der Waals surface area (Å²) in [6.07, 6.45) is -0.00694. The maximum atomic E-state index is 11.5. The van der Waals surface area contributed by atoms with E-state index in [1.165, 1.54) is 0 Å². The third kappa shape index (κ3) is 0.402. The Morgan fingerprint density at radius 1 is 1.67 bits per heavy atom. The minimum Gasteiger partial charge on any atom is -0.207 e. The standard InChI is InChI=1S/C4H5F2/c1-3-2-4(3,5)6/h3H,1-2H2. The van der Waals surface area contributed by atoms with Gasteiger partial charge in [0.1, 0.15) is 0 Å². The molecule has 1 saturated carbocycles. The van der Waals surface area contributed by atoms with E-state index < -0.39 is 11.8 Å². The average molecular weight is 91.1 g/mol.